The SMILES string of the molecule is Cc1ccc(C(=O)N2CC(n3cc(-c4ccccc4)nn3)C2)c(C)c1. The van der Waals surface area contributed by atoms with E-state index in [0.29, 0.717) is 13.1 Å². The molecule has 4 rings (SSSR count). The maximum absolute atomic E-state index is 12.6. The number of aryl methyl sites for hydroxylation is 2. The molecule has 126 valence electrons. The molecule has 0 atom stereocenters. The van der Waals surface area contributed by atoms with Gasteiger partial charge in [0.2, 0.25) is 0 Å². The van der Waals surface area contributed by atoms with Crippen molar-refractivity contribution in [2.75, 3.05) is 13.1 Å². The number of aromatic nitrogens is 3. The van der Waals surface area contributed by atoms with E-state index in [2.05, 4.69) is 10.3 Å². The van der Waals surface area contributed by atoms with Crippen LogP contribution in [0.25, 0.3) is 11.3 Å². The molecule has 0 N–H and O–H groups in total. The fourth-order valence-corrected chi connectivity index (χ4v) is 3.21. The first-order chi connectivity index (χ1) is 12.1. The van der Waals surface area contributed by atoms with Gasteiger partial charge in [-0.25, -0.2) is 4.68 Å². The second-order valence-corrected chi connectivity index (χ2v) is 6.63. The summed E-state index contributed by atoms with van der Waals surface area (Å²) >= 11 is 0. The van der Waals surface area contributed by atoms with E-state index in [-0.39, 0.29) is 11.9 Å². The smallest absolute Gasteiger partial charge is 0.254 e. The molecule has 1 aliphatic heterocycles. The predicted molar refractivity (Wildman–Crippen MR) is 96.3 cm³/mol. The number of carbonyl (C=O) groups excluding carboxylic acids is 1. The van der Waals surface area contributed by atoms with Crippen LogP contribution in [0.5, 0.6) is 0 Å². The first-order valence-electron chi connectivity index (χ1n) is 8.45. The zero-order chi connectivity index (χ0) is 17.4. The van der Waals surface area contributed by atoms with Crippen LogP contribution >= 0.6 is 0 Å². The Morgan fingerprint density at radius 1 is 1.08 bits per heavy atom. The van der Waals surface area contributed by atoms with Crippen LogP contribution in [-0.4, -0.2) is 38.9 Å². The van der Waals surface area contributed by atoms with Gasteiger partial charge < -0.3 is 4.90 Å². The highest BCUT2D eigenvalue weighted by Crippen LogP contribution is 2.25. The Morgan fingerprint density at radius 3 is 2.56 bits per heavy atom. The number of rotatable bonds is 3. The molecule has 1 saturated heterocycles. The van der Waals surface area contributed by atoms with Crippen molar-refractivity contribution in [3.8, 4) is 11.3 Å². The van der Waals surface area contributed by atoms with Gasteiger partial charge >= 0.3 is 0 Å². The Balaban J connectivity index is 1.44. The lowest BCUT2D eigenvalue weighted by atomic mass is 10.0. The van der Waals surface area contributed by atoms with E-state index in [4.69, 9.17) is 0 Å². The summed E-state index contributed by atoms with van der Waals surface area (Å²) in [4.78, 5) is 14.5. The molecule has 0 saturated carbocycles. The molecule has 0 aliphatic carbocycles. The van der Waals surface area contributed by atoms with Crippen molar-refractivity contribution in [2.45, 2.75) is 19.9 Å². The third kappa shape index (κ3) is 2.93. The van der Waals surface area contributed by atoms with Crippen LogP contribution in [0.4, 0.5) is 0 Å². The lowest BCUT2D eigenvalue weighted by molar-refractivity contribution is 0.0497. The summed E-state index contributed by atoms with van der Waals surface area (Å²) in [6.07, 6.45) is 1.96. The molecule has 0 spiro atoms. The predicted octanol–water partition coefficient (Wildman–Crippen LogP) is 3.26. The third-order valence-corrected chi connectivity index (χ3v) is 4.72. The molecule has 2 aromatic carbocycles. The van der Waals surface area contributed by atoms with Crippen LogP contribution in [0.15, 0.2) is 54.7 Å². The summed E-state index contributed by atoms with van der Waals surface area (Å²) < 4.78 is 1.87. The lowest BCUT2D eigenvalue weighted by Crippen LogP contribution is -2.51. The van der Waals surface area contributed by atoms with Crippen molar-refractivity contribution in [1.29, 1.82) is 0 Å². The van der Waals surface area contributed by atoms with Gasteiger partial charge in [-0.05, 0) is 25.5 Å². The highest BCUT2D eigenvalue weighted by atomic mass is 16.2. The molecule has 1 amide bonds. The summed E-state index contributed by atoms with van der Waals surface area (Å²) in [5, 5.41) is 8.49. The van der Waals surface area contributed by atoms with Crippen LogP contribution in [0, 0.1) is 13.8 Å². The van der Waals surface area contributed by atoms with Crippen LogP contribution < -0.4 is 0 Å². The van der Waals surface area contributed by atoms with Gasteiger partial charge in [-0.15, -0.1) is 5.10 Å². The number of amides is 1. The highest BCUT2D eigenvalue weighted by molar-refractivity contribution is 5.96. The topological polar surface area (TPSA) is 51.0 Å². The van der Waals surface area contributed by atoms with Crippen molar-refractivity contribution in [2.24, 2.45) is 0 Å². The van der Waals surface area contributed by atoms with Gasteiger partial charge in [0.05, 0.1) is 12.2 Å². The quantitative estimate of drug-likeness (QED) is 0.740. The van der Waals surface area contributed by atoms with E-state index in [1.807, 2.05) is 78.2 Å². The van der Waals surface area contributed by atoms with Crippen LogP contribution in [0.3, 0.4) is 0 Å². The summed E-state index contributed by atoms with van der Waals surface area (Å²) in [7, 11) is 0. The molecule has 25 heavy (non-hydrogen) atoms. The van der Waals surface area contributed by atoms with Gasteiger partial charge in [0.25, 0.3) is 5.91 Å². The number of likely N-dealkylation sites (tertiary alicyclic amines) is 1. The highest BCUT2D eigenvalue weighted by Gasteiger charge is 2.33. The Labute approximate surface area is 146 Å². The number of nitrogens with zero attached hydrogens (tertiary/aromatic N) is 4. The van der Waals surface area contributed by atoms with Gasteiger partial charge in [-0.1, -0.05) is 53.2 Å². The number of benzene rings is 2. The molecular formula is C20H20N4O. The molecule has 0 bridgehead atoms. The zero-order valence-electron chi connectivity index (χ0n) is 14.4. The first-order valence-corrected chi connectivity index (χ1v) is 8.45. The Bertz CT molecular complexity index is 910. The minimum Gasteiger partial charge on any atom is -0.334 e. The average Bonchev–Trinajstić information content (AvgIpc) is 3.04. The van der Waals surface area contributed by atoms with Crippen molar-refractivity contribution in [3.63, 3.8) is 0 Å². The maximum atomic E-state index is 12.6. The number of hydrogen-bond donors (Lipinski definition) is 0. The van der Waals surface area contributed by atoms with E-state index in [1.165, 1.54) is 5.56 Å². The molecule has 1 aromatic heterocycles. The van der Waals surface area contributed by atoms with Crippen LogP contribution in [-0.2, 0) is 0 Å². The third-order valence-electron chi connectivity index (χ3n) is 4.72. The molecule has 1 aliphatic rings. The Hall–Kier alpha value is -2.95. The first kappa shape index (κ1) is 15.6. The average molecular weight is 332 g/mol. The van der Waals surface area contributed by atoms with Gasteiger partial charge in [-0.3, -0.25) is 4.79 Å². The lowest BCUT2D eigenvalue weighted by Gasteiger charge is -2.39. The summed E-state index contributed by atoms with van der Waals surface area (Å²) in [6.45, 7) is 5.37. The molecule has 0 unspecified atom stereocenters. The second kappa shape index (κ2) is 6.16. The molecule has 3 aromatic rings. The van der Waals surface area contributed by atoms with Crippen molar-refractivity contribution in [1.82, 2.24) is 19.9 Å². The minimum absolute atomic E-state index is 0.0946. The maximum Gasteiger partial charge on any atom is 0.254 e. The van der Waals surface area contributed by atoms with E-state index < -0.39 is 0 Å². The van der Waals surface area contributed by atoms with Gasteiger partial charge in [0.15, 0.2) is 0 Å². The molecule has 0 radical (unpaired) electrons. The molecule has 5 nitrogen and oxygen atoms in total. The van der Waals surface area contributed by atoms with E-state index >= 15 is 0 Å². The summed E-state index contributed by atoms with van der Waals surface area (Å²) in [6, 6.07) is 16.1. The van der Waals surface area contributed by atoms with E-state index in [0.717, 1.165) is 22.4 Å². The van der Waals surface area contributed by atoms with E-state index in [1.54, 1.807) is 0 Å². The van der Waals surface area contributed by atoms with Crippen molar-refractivity contribution in [3.05, 3.63) is 71.4 Å². The van der Waals surface area contributed by atoms with Gasteiger partial charge in [-0.2, -0.15) is 0 Å². The zero-order valence-corrected chi connectivity index (χ0v) is 14.4. The minimum atomic E-state index is 0.0946. The van der Waals surface area contributed by atoms with Crippen LogP contribution in [0.1, 0.15) is 27.5 Å². The standard InChI is InChI=1S/C20H20N4O/c1-14-8-9-18(15(2)10-14)20(25)23-11-17(12-23)24-13-19(21-22-24)16-6-4-3-5-7-16/h3-10,13,17H,11-12H2,1-2H3. The molecular weight excluding hydrogens is 312 g/mol. The fourth-order valence-electron chi connectivity index (χ4n) is 3.21. The van der Waals surface area contributed by atoms with Crippen LogP contribution in [0.2, 0.25) is 0 Å². The molecule has 1 fully saturated rings. The largest absolute Gasteiger partial charge is 0.334 e. The number of hydrogen-bond acceptors (Lipinski definition) is 3. The van der Waals surface area contributed by atoms with Crippen molar-refractivity contribution < 1.29 is 4.79 Å². The summed E-state index contributed by atoms with van der Waals surface area (Å²) in [5.74, 6) is 0.0946. The molecule has 5 heteroatoms. The normalized spacial score (nSPS) is 14.4. The fraction of sp³-hybridized carbons (Fsp3) is 0.250. The monoisotopic (exact) mass is 332 g/mol. The van der Waals surface area contributed by atoms with Gasteiger partial charge in [0.1, 0.15) is 5.69 Å². The Morgan fingerprint density at radius 2 is 1.84 bits per heavy atom. The van der Waals surface area contributed by atoms with Gasteiger partial charge in [0, 0.05) is 24.2 Å². The molecule has 2 heterocycles. The summed E-state index contributed by atoms with van der Waals surface area (Å²) in [5.41, 5.74) is 4.90. The number of carbonyl (C=O) groups is 1. The second-order valence-electron chi connectivity index (χ2n) is 6.63. The van der Waals surface area contributed by atoms with Crippen molar-refractivity contribution >= 4 is 5.91 Å². The Kier molecular flexibility index (Phi) is 3.84. The van der Waals surface area contributed by atoms with E-state index in [9.17, 15) is 4.79 Å².